The van der Waals surface area contributed by atoms with Gasteiger partial charge in [0.05, 0.1) is 22.3 Å². The zero-order valence-electron chi connectivity index (χ0n) is 23.1. The first-order chi connectivity index (χ1) is 19.4. The normalized spacial score (nSPS) is 11.2. The maximum Gasteiger partial charge on any atom is 0.260 e. The van der Waals surface area contributed by atoms with Crippen molar-refractivity contribution in [3.8, 4) is 16.8 Å². The first kappa shape index (κ1) is 25.3. The lowest BCUT2D eigenvalue weighted by molar-refractivity contribution is 0.0986. The van der Waals surface area contributed by atoms with E-state index in [-0.39, 0.29) is 5.91 Å². The van der Waals surface area contributed by atoms with E-state index < -0.39 is 0 Å². The van der Waals surface area contributed by atoms with E-state index in [9.17, 15) is 9.59 Å². The van der Waals surface area contributed by atoms with Crippen molar-refractivity contribution >= 4 is 39.7 Å². The van der Waals surface area contributed by atoms with E-state index in [1.807, 2.05) is 56.3 Å². The number of carbonyl (C=O) groups is 2. The SMILES string of the molecule is Cc1cc(C)c(N(C)C(=O)c2c(C=O)cccc2-n2c3ccccc3c3cccc(-c4ccccc4)c32)c(C)c1. The van der Waals surface area contributed by atoms with Crippen LogP contribution >= 0.6 is 0 Å². The molecular formula is C36H30N2O2. The van der Waals surface area contributed by atoms with Crippen molar-refractivity contribution in [3.05, 3.63) is 131 Å². The molecule has 6 rings (SSSR count). The molecule has 5 aromatic carbocycles. The summed E-state index contributed by atoms with van der Waals surface area (Å²) in [5, 5.41) is 2.18. The van der Waals surface area contributed by atoms with Gasteiger partial charge in [0.1, 0.15) is 0 Å². The molecule has 1 amide bonds. The summed E-state index contributed by atoms with van der Waals surface area (Å²) in [5.41, 5.74) is 9.57. The lowest BCUT2D eigenvalue weighted by atomic mass is 10.00. The average Bonchev–Trinajstić information content (AvgIpc) is 3.30. The van der Waals surface area contributed by atoms with Gasteiger partial charge in [0.15, 0.2) is 6.29 Å². The number of anilines is 1. The Morgan fingerprint density at radius 2 is 1.40 bits per heavy atom. The number of aldehydes is 1. The minimum absolute atomic E-state index is 0.226. The largest absolute Gasteiger partial charge is 0.311 e. The monoisotopic (exact) mass is 522 g/mol. The molecule has 0 bridgehead atoms. The van der Waals surface area contributed by atoms with E-state index >= 15 is 0 Å². The van der Waals surface area contributed by atoms with Gasteiger partial charge in [0.25, 0.3) is 5.91 Å². The minimum atomic E-state index is -0.226. The van der Waals surface area contributed by atoms with Crippen molar-refractivity contribution in [2.24, 2.45) is 0 Å². The van der Waals surface area contributed by atoms with E-state index in [4.69, 9.17) is 0 Å². The molecule has 0 saturated heterocycles. The lowest BCUT2D eigenvalue weighted by Gasteiger charge is -2.25. The van der Waals surface area contributed by atoms with Crippen LogP contribution in [-0.2, 0) is 0 Å². The summed E-state index contributed by atoms with van der Waals surface area (Å²) in [7, 11) is 1.79. The lowest BCUT2D eigenvalue weighted by Crippen LogP contribution is -2.30. The molecule has 0 aliphatic rings. The third-order valence-electron chi connectivity index (χ3n) is 7.71. The number of carbonyl (C=O) groups excluding carboxylic acids is 2. The van der Waals surface area contributed by atoms with Crippen LogP contribution in [0.15, 0.2) is 103 Å². The predicted molar refractivity (Wildman–Crippen MR) is 165 cm³/mol. The first-order valence-electron chi connectivity index (χ1n) is 13.4. The molecule has 0 N–H and O–H groups in total. The molecule has 0 radical (unpaired) electrons. The average molecular weight is 523 g/mol. The Morgan fingerprint density at radius 1 is 0.750 bits per heavy atom. The molecule has 0 saturated carbocycles. The zero-order valence-corrected chi connectivity index (χ0v) is 23.1. The maximum atomic E-state index is 14.4. The molecule has 1 aromatic heterocycles. The van der Waals surface area contributed by atoms with Crippen LogP contribution in [0.1, 0.15) is 37.4 Å². The second kappa shape index (κ2) is 9.97. The van der Waals surface area contributed by atoms with Crippen molar-refractivity contribution < 1.29 is 9.59 Å². The van der Waals surface area contributed by atoms with Gasteiger partial charge < -0.3 is 9.47 Å². The van der Waals surface area contributed by atoms with Crippen molar-refractivity contribution in [2.45, 2.75) is 20.8 Å². The van der Waals surface area contributed by atoms with Gasteiger partial charge in [-0.1, -0.05) is 96.6 Å². The Hall–Kier alpha value is -4.96. The number of rotatable bonds is 5. The molecule has 0 spiro atoms. The number of hydrogen-bond donors (Lipinski definition) is 0. The standard InChI is InChI=1S/C36H30N2O2/c1-23-20-24(2)34(25(3)21-23)37(4)36(40)33-27(22-39)14-10-19-32(33)38-31-18-9-8-15-29(31)30-17-11-16-28(35(30)38)26-12-6-5-7-13-26/h5-22H,1-4H3. The quantitative estimate of drug-likeness (QED) is 0.213. The van der Waals surface area contributed by atoms with Crippen LogP contribution in [0.2, 0.25) is 0 Å². The zero-order chi connectivity index (χ0) is 28.0. The highest BCUT2D eigenvalue weighted by molar-refractivity contribution is 6.17. The summed E-state index contributed by atoms with van der Waals surface area (Å²) in [4.78, 5) is 28.5. The van der Waals surface area contributed by atoms with Crippen molar-refractivity contribution in [1.29, 1.82) is 0 Å². The Kier molecular flexibility index (Phi) is 6.31. The van der Waals surface area contributed by atoms with Crippen LogP contribution in [0, 0.1) is 20.8 Å². The topological polar surface area (TPSA) is 42.3 Å². The van der Waals surface area contributed by atoms with Gasteiger partial charge in [-0.05, 0) is 49.6 Å². The number of fused-ring (bicyclic) bond motifs is 3. The van der Waals surface area contributed by atoms with Crippen LogP contribution in [0.4, 0.5) is 5.69 Å². The number of benzene rings is 5. The molecule has 40 heavy (non-hydrogen) atoms. The summed E-state index contributed by atoms with van der Waals surface area (Å²) < 4.78 is 2.15. The third kappa shape index (κ3) is 4.00. The third-order valence-corrected chi connectivity index (χ3v) is 7.71. The van der Waals surface area contributed by atoms with Crippen molar-refractivity contribution in [2.75, 3.05) is 11.9 Å². The Morgan fingerprint density at radius 3 is 2.12 bits per heavy atom. The molecule has 1 heterocycles. The van der Waals surface area contributed by atoms with E-state index in [0.717, 1.165) is 61.6 Å². The highest BCUT2D eigenvalue weighted by Gasteiger charge is 2.26. The molecule has 0 fully saturated rings. The molecule has 0 unspecified atom stereocenters. The van der Waals surface area contributed by atoms with E-state index in [1.54, 1.807) is 18.0 Å². The molecule has 196 valence electrons. The summed E-state index contributed by atoms with van der Waals surface area (Å²) in [6.07, 6.45) is 0.783. The number of para-hydroxylation sites is 2. The van der Waals surface area contributed by atoms with Crippen LogP contribution < -0.4 is 4.90 Å². The number of aryl methyl sites for hydroxylation is 3. The van der Waals surface area contributed by atoms with Crippen LogP contribution in [0.3, 0.4) is 0 Å². The summed E-state index contributed by atoms with van der Waals surface area (Å²) in [6.45, 7) is 6.09. The van der Waals surface area contributed by atoms with Gasteiger partial charge in [-0.15, -0.1) is 0 Å². The highest BCUT2D eigenvalue weighted by atomic mass is 16.2. The fourth-order valence-corrected chi connectivity index (χ4v) is 6.17. The van der Waals surface area contributed by atoms with E-state index in [0.29, 0.717) is 16.8 Å². The van der Waals surface area contributed by atoms with E-state index in [2.05, 4.69) is 66.1 Å². The summed E-state index contributed by atoms with van der Waals surface area (Å²) in [5.74, 6) is -0.226. The number of nitrogens with zero attached hydrogens (tertiary/aromatic N) is 2. The minimum Gasteiger partial charge on any atom is -0.311 e. The smallest absolute Gasteiger partial charge is 0.260 e. The molecule has 4 heteroatoms. The number of hydrogen-bond acceptors (Lipinski definition) is 2. The first-order valence-corrected chi connectivity index (χ1v) is 13.4. The summed E-state index contributed by atoms with van der Waals surface area (Å²) >= 11 is 0. The van der Waals surface area contributed by atoms with Gasteiger partial charge in [-0.3, -0.25) is 9.59 Å². The molecule has 0 aliphatic heterocycles. The predicted octanol–water partition coefficient (Wildman–Crippen LogP) is 8.47. The van der Waals surface area contributed by atoms with Gasteiger partial charge in [-0.25, -0.2) is 0 Å². The van der Waals surface area contributed by atoms with Crippen LogP contribution in [0.25, 0.3) is 38.6 Å². The Labute approximate surface area is 234 Å². The van der Waals surface area contributed by atoms with Gasteiger partial charge in [0.2, 0.25) is 0 Å². The molecule has 0 atom stereocenters. The fourth-order valence-electron chi connectivity index (χ4n) is 6.17. The second-order valence-corrected chi connectivity index (χ2v) is 10.4. The Bertz CT molecular complexity index is 1910. The molecular weight excluding hydrogens is 492 g/mol. The van der Waals surface area contributed by atoms with Crippen LogP contribution in [0.5, 0.6) is 0 Å². The van der Waals surface area contributed by atoms with E-state index in [1.165, 1.54) is 0 Å². The molecule has 6 aromatic rings. The fraction of sp³-hybridized carbons (Fsp3) is 0.111. The van der Waals surface area contributed by atoms with Crippen molar-refractivity contribution in [1.82, 2.24) is 4.57 Å². The maximum absolute atomic E-state index is 14.4. The summed E-state index contributed by atoms with van der Waals surface area (Å²) in [6, 6.07) is 34.5. The molecule has 4 nitrogen and oxygen atoms in total. The Balaban J connectivity index is 1.68. The van der Waals surface area contributed by atoms with Gasteiger partial charge in [0, 0.05) is 34.6 Å². The van der Waals surface area contributed by atoms with Crippen molar-refractivity contribution in [3.63, 3.8) is 0 Å². The highest BCUT2D eigenvalue weighted by Crippen LogP contribution is 2.39. The van der Waals surface area contributed by atoms with Gasteiger partial charge >= 0.3 is 0 Å². The number of amides is 1. The second-order valence-electron chi connectivity index (χ2n) is 10.4. The van der Waals surface area contributed by atoms with Crippen LogP contribution in [-0.4, -0.2) is 23.8 Å². The molecule has 0 aliphatic carbocycles. The van der Waals surface area contributed by atoms with Gasteiger partial charge in [-0.2, -0.15) is 0 Å². The number of aromatic nitrogens is 1.